The molecular formula is C56H51Cl3N10O8. The molecule has 0 spiro atoms. The Morgan fingerprint density at radius 2 is 0.805 bits per heavy atom. The number of nitro groups is 2. The van der Waals surface area contributed by atoms with Gasteiger partial charge in [-0.3, -0.25) is 29.8 Å². The minimum atomic E-state index is -1.21. The maximum absolute atomic E-state index is 12.5. The normalized spacial score (nSPS) is 10.5. The summed E-state index contributed by atoms with van der Waals surface area (Å²) in [6.07, 6.45) is 0.462. The minimum absolute atomic E-state index is 0.0175. The molecule has 3 aromatic heterocycles. The Morgan fingerprint density at radius 3 is 1.13 bits per heavy atom. The number of halogens is 3. The van der Waals surface area contributed by atoms with Gasteiger partial charge in [0, 0.05) is 73.9 Å². The Morgan fingerprint density at radius 1 is 0.481 bits per heavy atom. The Bertz CT molecular complexity index is 3610. The van der Waals surface area contributed by atoms with Crippen molar-refractivity contribution in [1.29, 1.82) is 0 Å². The van der Waals surface area contributed by atoms with E-state index in [9.17, 15) is 34.6 Å². The van der Waals surface area contributed by atoms with Gasteiger partial charge in [-0.25, -0.2) is 18.8 Å². The molecule has 0 atom stereocenters. The van der Waals surface area contributed by atoms with Crippen molar-refractivity contribution in [2.45, 2.75) is 54.4 Å². The number of nitrogens with two attached hydrogens (primary N) is 2. The van der Waals surface area contributed by atoms with E-state index in [0.717, 1.165) is 67.8 Å². The van der Waals surface area contributed by atoms with Gasteiger partial charge in [0.1, 0.15) is 11.4 Å². The number of carboxylic acids is 1. The molecular weight excluding hydrogens is 1050 g/mol. The number of anilines is 2. The van der Waals surface area contributed by atoms with Crippen molar-refractivity contribution in [3.05, 3.63) is 243 Å². The van der Waals surface area contributed by atoms with E-state index in [4.69, 9.17) is 51.4 Å². The van der Waals surface area contributed by atoms with E-state index in [-0.39, 0.29) is 46.2 Å². The first kappa shape index (κ1) is 57.3. The Hall–Kier alpha value is -8.97. The largest absolute Gasteiger partial charge is 0.478 e. The number of ketones is 2. The lowest BCUT2D eigenvalue weighted by molar-refractivity contribution is -0.384. The number of carbonyl (C=O) groups is 3. The van der Waals surface area contributed by atoms with Crippen molar-refractivity contribution in [1.82, 2.24) is 29.3 Å². The third-order valence-corrected chi connectivity index (χ3v) is 12.2. The lowest BCUT2D eigenvalue weighted by Gasteiger charge is -2.10. The molecule has 5 N–H and O–H groups in total. The van der Waals surface area contributed by atoms with Crippen LogP contribution in [0.3, 0.4) is 0 Å². The zero-order valence-corrected chi connectivity index (χ0v) is 44.7. The van der Waals surface area contributed by atoms with Crippen LogP contribution in [-0.4, -0.2) is 61.8 Å². The summed E-state index contributed by atoms with van der Waals surface area (Å²) < 4.78 is 4.73. The van der Waals surface area contributed by atoms with Gasteiger partial charge >= 0.3 is 5.97 Å². The van der Waals surface area contributed by atoms with Gasteiger partial charge in [0.15, 0.2) is 11.6 Å². The third-order valence-electron chi connectivity index (χ3n) is 11.4. The predicted octanol–water partition coefficient (Wildman–Crippen LogP) is 12.6. The lowest BCUT2D eigenvalue weighted by Crippen LogP contribution is -2.08. The first-order chi connectivity index (χ1) is 36.5. The Balaban J connectivity index is 0.000000176. The fourth-order valence-corrected chi connectivity index (χ4v) is 8.16. The number of Topliss-reactive ketones (excluding diaryl/α,β-unsaturated/α-hetero) is 2. The fraction of sp³-hybridized carbons (Fsp3) is 0.143. The van der Waals surface area contributed by atoms with E-state index in [2.05, 4.69) is 15.3 Å². The van der Waals surface area contributed by atoms with Crippen LogP contribution in [0.1, 0.15) is 76.4 Å². The van der Waals surface area contributed by atoms with Crippen molar-refractivity contribution in [3.8, 4) is 17.1 Å². The standard InChI is InChI=1S/C19H16ClN3O3.C19H18ClN3O.C12H11N3O4.C6H6ClN/c1-12-9-13(2)22(21-12)17-8-5-15(11-18(17)23(25)26)19(24)10-14-3-6-16(20)7-4-14;1-12-9-13(2)23(22-12)18-8-5-15(11-17(18)21)19(24)10-14-3-6-16(20)7-4-14;1-7-5-8(2)14(13-7)10-4-3-9(12(16)17)6-11(10)15(18)19;7-5-1-3-6(8)4-2-5/h3-9,11H,10H2,1-2H3;3-9,11H,10,21H2,1-2H3;3-6H,1-2H3,(H,16,17);1-4H,8H2. The zero-order valence-electron chi connectivity index (χ0n) is 42.4. The smallest absolute Gasteiger partial charge is 0.335 e. The highest BCUT2D eigenvalue weighted by Gasteiger charge is 2.22. The number of aryl methyl sites for hydroxylation is 6. The Labute approximate surface area is 457 Å². The second kappa shape index (κ2) is 25.5. The molecule has 3 heterocycles. The number of rotatable bonds is 12. The van der Waals surface area contributed by atoms with E-state index in [1.54, 1.807) is 110 Å². The highest BCUT2D eigenvalue weighted by atomic mass is 35.5. The van der Waals surface area contributed by atoms with Gasteiger partial charge in [-0.05, 0) is 162 Å². The van der Waals surface area contributed by atoms with Crippen molar-refractivity contribution in [3.63, 3.8) is 0 Å². The number of aromatic nitrogens is 6. The van der Waals surface area contributed by atoms with Crippen molar-refractivity contribution < 1.29 is 29.3 Å². The molecule has 9 rings (SSSR count). The summed E-state index contributed by atoms with van der Waals surface area (Å²) in [5.41, 5.74) is 21.1. The van der Waals surface area contributed by atoms with E-state index < -0.39 is 15.8 Å². The molecule has 0 aliphatic heterocycles. The van der Waals surface area contributed by atoms with E-state index in [0.29, 0.717) is 33.4 Å². The highest BCUT2D eigenvalue weighted by molar-refractivity contribution is 6.31. The van der Waals surface area contributed by atoms with Gasteiger partial charge in [-0.15, -0.1) is 0 Å². The molecule has 0 radical (unpaired) electrons. The molecule has 6 aromatic carbocycles. The van der Waals surface area contributed by atoms with Gasteiger partial charge < -0.3 is 16.6 Å². The van der Waals surface area contributed by atoms with E-state index in [1.165, 1.54) is 27.6 Å². The van der Waals surface area contributed by atoms with Gasteiger partial charge in [-0.1, -0.05) is 59.1 Å². The molecule has 18 nitrogen and oxygen atoms in total. The average molecular weight is 1100 g/mol. The quantitative estimate of drug-likeness (QED) is 0.0445. The molecule has 77 heavy (non-hydrogen) atoms. The van der Waals surface area contributed by atoms with Crippen LogP contribution in [-0.2, 0) is 12.8 Å². The first-order valence-electron chi connectivity index (χ1n) is 23.3. The van der Waals surface area contributed by atoms with Crippen LogP contribution in [0.25, 0.3) is 17.1 Å². The summed E-state index contributed by atoms with van der Waals surface area (Å²) >= 11 is 17.3. The topological polar surface area (TPSA) is 263 Å². The summed E-state index contributed by atoms with van der Waals surface area (Å²) in [5, 5.41) is 46.3. The van der Waals surface area contributed by atoms with E-state index in [1.807, 2.05) is 58.0 Å². The van der Waals surface area contributed by atoms with Crippen molar-refractivity contribution in [2.75, 3.05) is 11.5 Å². The molecule has 0 aliphatic rings. The maximum atomic E-state index is 12.5. The molecule has 21 heteroatoms. The summed E-state index contributed by atoms with van der Waals surface area (Å²) in [7, 11) is 0. The number of nitrogen functional groups attached to an aromatic ring is 2. The van der Waals surface area contributed by atoms with Gasteiger partial charge in [0.25, 0.3) is 11.4 Å². The Kier molecular flexibility index (Phi) is 19.0. The second-order valence-corrected chi connectivity index (χ2v) is 18.8. The molecule has 0 bridgehead atoms. The SMILES string of the molecule is Cc1cc(C)n(-c2ccc(C(=O)Cc3ccc(Cl)cc3)cc2N)n1.Cc1cc(C)n(-c2ccc(C(=O)Cc3ccc(Cl)cc3)cc2[N+](=O)[O-])n1.Cc1cc(C)n(-c2ccc(C(=O)O)cc2[N+](=O)[O-])n1.Nc1ccc(Cl)cc1. The third kappa shape index (κ3) is 15.3. The summed E-state index contributed by atoms with van der Waals surface area (Å²) in [6, 6.07) is 40.4. The summed E-state index contributed by atoms with van der Waals surface area (Å²) in [6.45, 7) is 11.1. The minimum Gasteiger partial charge on any atom is -0.478 e. The van der Waals surface area contributed by atoms with Crippen LogP contribution >= 0.6 is 34.8 Å². The van der Waals surface area contributed by atoms with Crippen LogP contribution in [0.2, 0.25) is 15.1 Å². The molecule has 0 unspecified atom stereocenters. The number of benzene rings is 6. The van der Waals surface area contributed by atoms with Gasteiger partial charge in [-0.2, -0.15) is 15.3 Å². The van der Waals surface area contributed by atoms with Crippen molar-refractivity contribution in [2.24, 2.45) is 0 Å². The van der Waals surface area contributed by atoms with Crippen LogP contribution in [0.15, 0.2) is 146 Å². The van der Waals surface area contributed by atoms with Crippen LogP contribution in [0, 0.1) is 61.8 Å². The highest BCUT2D eigenvalue weighted by Crippen LogP contribution is 2.28. The molecule has 0 fully saturated rings. The number of hydrogen-bond acceptors (Lipinski definition) is 12. The molecule has 394 valence electrons. The van der Waals surface area contributed by atoms with Crippen molar-refractivity contribution >= 4 is 75.1 Å². The monoisotopic (exact) mass is 1100 g/mol. The summed E-state index contributed by atoms with van der Waals surface area (Å²) in [4.78, 5) is 57.3. The number of hydrogen-bond donors (Lipinski definition) is 3. The number of aromatic carboxylic acids is 1. The second-order valence-electron chi connectivity index (χ2n) is 17.5. The molecule has 9 aromatic rings. The lowest BCUT2D eigenvalue weighted by atomic mass is 10.0. The summed E-state index contributed by atoms with van der Waals surface area (Å²) in [5.74, 6) is -1.39. The van der Waals surface area contributed by atoms with Crippen LogP contribution in [0.5, 0.6) is 0 Å². The molecule has 0 saturated heterocycles. The van der Waals surface area contributed by atoms with Crippen LogP contribution < -0.4 is 11.5 Å². The van der Waals surface area contributed by atoms with Crippen LogP contribution in [0.4, 0.5) is 22.7 Å². The van der Waals surface area contributed by atoms with E-state index >= 15 is 0 Å². The number of nitrogens with zero attached hydrogens (tertiary/aromatic N) is 8. The zero-order chi connectivity index (χ0) is 56.2. The molecule has 0 saturated carbocycles. The maximum Gasteiger partial charge on any atom is 0.335 e. The fourth-order valence-electron chi connectivity index (χ4n) is 7.79. The number of carboxylic acid groups (broad SMARTS) is 1. The average Bonchev–Trinajstić information content (AvgIpc) is 4.05. The number of nitro benzene ring substituents is 2. The molecule has 0 amide bonds. The van der Waals surface area contributed by atoms with Gasteiger partial charge in [0.05, 0.1) is 43.9 Å². The number of carbonyl (C=O) groups excluding carboxylic acids is 2. The van der Waals surface area contributed by atoms with Gasteiger partial charge in [0.2, 0.25) is 0 Å². The predicted molar refractivity (Wildman–Crippen MR) is 299 cm³/mol. The molecule has 0 aliphatic carbocycles. The first-order valence-corrected chi connectivity index (χ1v) is 24.5.